The van der Waals surface area contributed by atoms with Crippen LogP contribution in [0.1, 0.15) is 18.9 Å². The average Bonchev–Trinajstić information content (AvgIpc) is 2.36. The van der Waals surface area contributed by atoms with E-state index in [2.05, 4.69) is 0 Å². The summed E-state index contributed by atoms with van der Waals surface area (Å²) < 4.78 is 16.0. The van der Waals surface area contributed by atoms with Gasteiger partial charge in [0.15, 0.2) is 0 Å². The van der Waals surface area contributed by atoms with Crippen LogP contribution in [0.4, 0.5) is 0 Å². The van der Waals surface area contributed by atoms with Crippen LogP contribution in [0.15, 0.2) is 18.2 Å². The van der Waals surface area contributed by atoms with Crippen LogP contribution < -0.4 is 15.2 Å². The maximum Gasteiger partial charge on any atom is 0.127 e. The van der Waals surface area contributed by atoms with Gasteiger partial charge in [0.1, 0.15) is 11.5 Å². The number of benzene rings is 1. The van der Waals surface area contributed by atoms with Crippen molar-refractivity contribution < 1.29 is 14.2 Å². The van der Waals surface area contributed by atoms with Gasteiger partial charge in [0, 0.05) is 38.3 Å². The van der Waals surface area contributed by atoms with Gasteiger partial charge in [-0.15, -0.1) is 0 Å². The van der Waals surface area contributed by atoms with Gasteiger partial charge in [0.05, 0.1) is 13.2 Å². The first-order chi connectivity index (χ1) is 8.21. The molecule has 2 N–H and O–H groups in total. The summed E-state index contributed by atoms with van der Waals surface area (Å²) in [6, 6.07) is 5.68. The molecule has 4 nitrogen and oxygen atoms in total. The summed E-state index contributed by atoms with van der Waals surface area (Å²) in [4.78, 5) is 0. The molecule has 17 heavy (non-hydrogen) atoms. The Labute approximate surface area is 103 Å². The molecule has 0 aliphatic rings. The van der Waals surface area contributed by atoms with Crippen LogP contribution in [-0.4, -0.2) is 26.9 Å². The van der Waals surface area contributed by atoms with E-state index in [9.17, 15) is 0 Å². The fourth-order valence-corrected chi connectivity index (χ4v) is 1.50. The molecule has 1 unspecified atom stereocenters. The van der Waals surface area contributed by atoms with Crippen molar-refractivity contribution in [1.29, 1.82) is 0 Å². The van der Waals surface area contributed by atoms with Crippen molar-refractivity contribution in [3.05, 3.63) is 23.8 Å². The van der Waals surface area contributed by atoms with Crippen LogP contribution in [0.5, 0.6) is 11.5 Å². The largest absolute Gasteiger partial charge is 0.497 e. The van der Waals surface area contributed by atoms with Crippen LogP contribution in [-0.2, 0) is 11.3 Å². The Morgan fingerprint density at radius 1 is 1.29 bits per heavy atom. The van der Waals surface area contributed by atoms with Crippen LogP contribution in [0, 0.1) is 0 Å². The minimum absolute atomic E-state index is 0.0901. The maximum atomic E-state index is 5.84. The van der Waals surface area contributed by atoms with Gasteiger partial charge < -0.3 is 19.9 Å². The van der Waals surface area contributed by atoms with Crippen molar-refractivity contribution in [3.63, 3.8) is 0 Å². The highest BCUT2D eigenvalue weighted by atomic mass is 16.5. The number of rotatable bonds is 7. The van der Waals surface area contributed by atoms with Gasteiger partial charge in [-0.25, -0.2) is 0 Å². The first kappa shape index (κ1) is 13.8. The highest BCUT2D eigenvalue weighted by molar-refractivity contribution is 5.40. The maximum absolute atomic E-state index is 5.84. The third-order valence-corrected chi connectivity index (χ3v) is 2.55. The van der Waals surface area contributed by atoms with Crippen LogP contribution in [0.25, 0.3) is 0 Å². The molecule has 0 heterocycles. The summed E-state index contributed by atoms with van der Waals surface area (Å²) in [6.07, 6.45) is 0.935. The van der Waals surface area contributed by atoms with Gasteiger partial charge in [-0.3, -0.25) is 0 Å². The Kier molecular flexibility index (Phi) is 5.80. The molecule has 1 rings (SSSR count). The normalized spacial score (nSPS) is 12.2. The van der Waals surface area contributed by atoms with Crippen molar-refractivity contribution in [2.24, 2.45) is 5.73 Å². The lowest BCUT2D eigenvalue weighted by molar-refractivity contribution is 0.134. The predicted molar refractivity (Wildman–Crippen MR) is 67.5 cm³/mol. The van der Waals surface area contributed by atoms with E-state index < -0.39 is 0 Å². The molecule has 1 atom stereocenters. The van der Waals surface area contributed by atoms with Crippen molar-refractivity contribution in [2.75, 3.05) is 20.8 Å². The summed E-state index contributed by atoms with van der Waals surface area (Å²) in [5.74, 6) is 1.56. The van der Waals surface area contributed by atoms with E-state index in [1.54, 1.807) is 14.2 Å². The molecule has 0 bridgehead atoms. The number of hydrogen-bond donors (Lipinski definition) is 1. The van der Waals surface area contributed by atoms with E-state index in [0.717, 1.165) is 23.5 Å². The van der Waals surface area contributed by atoms with Crippen LogP contribution in [0.2, 0.25) is 0 Å². The lowest BCUT2D eigenvalue weighted by atomic mass is 10.2. The topological polar surface area (TPSA) is 53.7 Å². The SMILES string of the molecule is COCCC(C)Oc1cc(OC)ccc1CN. The second-order valence-corrected chi connectivity index (χ2v) is 3.89. The van der Waals surface area contributed by atoms with Crippen LogP contribution in [0.3, 0.4) is 0 Å². The molecule has 0 spiro atoms. The summed E-state index contributed by atoms with van der Waals surface area (Å²) in [7, 11) is 3.32. The number of ether oxygens (including phenoxy) is 3. The lowest BCUT2D eigenvalue weighted by Crippen LogP contribution is -2.15. The van der Waals surface area contributed by atoms with Gasteiger partial charge in [-0.2, -0.15) is 0 Å². The molecule has 0 saturated heterocycles. The predicted octanol–water partition coefficient (Wildman–Crippen LogP) is 1.96. The van der Waals surface area contributed by atoms with Gasteiger partial charge in [-0.05, 0) is 13.0 Å². The summed E-state index contributed by atoms with van der Waals surface area (Å²) >= 11 is 0. The molecular weight excluding hydrogens is 218 g/mol. The Hall–Kier alpha value is -1.26. The minimum atomic E-state index is 0.0901. The summed E-state index contributed by atoms with van der Waals surface area (Å²) in [5, 5.41) is 0. The molecule has 0 aromatic heterocycles. The zero-order chi connectivity index (χ0) is 12.7. The monoisotopic (exact) mass is 239 g/mol. The van der Waals surface area contributed by atoms with Gasteiger partial charge in [0.25, 0.3) is 0 Å². The lowest BCUT2D eigenvalue weighted by Gasteiger charge is -2.17. The Morgan fingerprint density at radius 3 is 2.65 bits per heavy atom. The molecule has 1 aromatic carbocycles. The number of nitrogens with two attached hydrogens (primary N) is 1. The van der Waals surface area contributed by atoms with E-state index in [1.807, 2.05) is 25.1 Å². The second kappa shape index (κ2) is 7.14. The fourth-order valence-electron chi connectivity index (χ4n) is 1.50. The Morgan fingerprint density at radius 2 is 2.06 bits per heavy atom. The van der Waals surface area contributed by atoms with E-state index in [0.29, 0.717) is 13.2 Å². The molecule has 1 aromatic rings. The van der Waals surface area contributed by atoms with Crippen molar-refractivity contribution in [3.8, 4) is 11.5 Å². The zero-order valence-electron chi connectivity index (χ0n) is 10.7. The standard InChI is InChI=1S/C13H21NO3/c1-10(6-7-15-2)17-13-8-12(16-3)5-4-11(13)9-14/h4-5,8,10H,6-7,9,14H2,1-3H3. The van der Waals surface area contributed by atoms with Crippen LogP contribution >= 0.6 is 0 Å². The smallest absolute Gasteiger partial charge is 0.127 e. The second-order valence-electron chi connectivity index (χ2n) is 3.89. The van der Waals surface area contributed by atoms with Crippen molar-refractivity contribution in [2.45, 2.75) is 26.0 Å². The molecule has 0 amide bonds. The quantitative estimate of drug-likeness (QED) is 0.790. The third-order valence-electron chi connectivity index (χ3n) is 2.55. The number of methoxy groups -OCH3 is 2. The Balaban J connectivity index is 2.72. The molecule has 0 saturated carbocycles. The molecule has 0 aliphatic carbocycles. The summed E-state index contributed by atoms with van der Waals surface area (Å²) in [6.45, 7) is 3.15. The highest BCUT2D eigenvalue weighted by Gasteiger charge is 2.09. The van der Waals surface area contributed by atoms with Crippen molar-refractivity contribution in [1.82, 2.24) is 0 Å². The third kappa shape index (κ3) is 4.24. The molecule has 0 radical (unpaired) electrons. The fraction of sp³-hybridized carbons (Fsp3) is 0.538. The average molecular weight is 239 g/mol. The molecule has 4 heteroatoms. The van der Waals surface area contributed by atoms with E-state index in [1.165, 1.54) is 0 Å². The minimum Gasteiger partial charge on any atom is -0.497 e. The molecule has 0 aliphatic heterocycles. The van der Waals surface area contributed by atoms with Gasteiger partial charge in [0.2, 0.25) is 0 Å². The first-order valence-electron chi connectivity index (χ1n) is 5.73. The van der Waals surface area contributed by atoms with Crippen molar-refractivity contribution >= 4 is 0 Å². The molecule has 0 fully saturated rings. The molecule has 96 valence electrons. The van der Waals surface area contributed by atoms with E-state index >= 15 is 0 Å². The molecular formula is C13H21NO3. The van der Waals surface area contributed by atoms with Gasteiger partial charge >= 0.3 is 0 Å². The first-order valence-corrected chi connectivity index (χ1v) is 5.73. The van der Waals surface area contributed by atoms with E-state index in [-0.39, 0.29) is 6.10 Å². The Bertz CT molecular complexity index is 341. The highest BCUT2D eigenvalue weighted by Crippen LogP contribution is 2.25. The van der Waals surface area contributed by atoms with E-state index in [4.69, 9.17) is 19.9 Å². The number of hydrogen-bond acceptors (Lipinski definition) is 4. The van der Waals surface area contributed by atoms with Gasteiger partial charge in [-0.1, -0.05) is 6.07 Å². The zero-order valence-corrected chi connectivity index (χ0v) is 10.7. The summed E-state index contributed by atoms with van der Waals surface area (Å²) in [5.41, 5.74) is 6.65.